The van der Waals surface area contributed by atoms with Crippen LogP contribution in [0.15, 0.2) is 48.7 Å². The number of nitrogens with zero attached hydrogens (tertiary/aromatic N) is 3. The van der Waals surface area contributed by atoms with Crippen LogP contribution < -0.4 is 10.2 Å². The average Bonchev–Trinajstić information content (AvgIpc) is 3.08. The largest absolute Gasteiger partial charge is 0.351 e. The van der Waals surface area contributed by atoms with Gasteiger partial charge in [-0.15, -0.1) is 0 Å². The molecule has 0 aliphatic rings. The molecule has 0 saturated heterocycles. The fraction of sp³-hybridized carbons (Fsp3) is 0.348. The van der Waals surface area contributed by atoms with Gasteiger partial charge in [-0.1, -0.05) is 32.0 Å². The van der Waals surface area contributed by atoms with Crippen molar-refractivity contribution in [3.63, 3.8) is 0 Å². The van der Waals surface area contributed by atoms with Gasteiger partial charge in [-0.2, -0.15) is 0 Å². The molecule has 152 valence electrons. The Kier molecular flexibility index (Phi) is 6.32. The van der Waals surface area contributed by atoms with E-state index in [1.807, 2.05) is 56.3 Å². The molecule has 3 rings (SSSR count). The van der Waals surface area contributed by atoms with Crippen LogP contribution in [0.4, 0.5) is 5.69 Å². The molecule has 3 aromatic rings. The van der Waals surface area contributed by atoms with Crippen molar-refractivity contribution in [1.29, 1.82) is 0 Å². The predicted molar refractivity (Wildman–Crippen MR) is 116 cm³/mol. The second kappa shape index (κ2) is 8.90. The molecule has 0 fully saturated rings. The lowest BCUT2D eigenvalue weighted by Crippen LogP contribution is -2.32. The molecule has 29 heavy (non-hydrogen) atoms. The summed E-state index contributed by atoms with van der Waals surface area (Å²) in [4.78, 5) is 32.2. The van der Waals surface area contributed by atoms with E-state index in [2.05, 4.69) is 24.1 Å². The summed E-state index contributed by atoms with van der Waals surface area (Å²) in [5.41, 5.74) is 2.79. The van der Waals surface area contributed by atoms with Gasteiger partial charge in [0, 0.05) is 25.0 Å². The van der Waals surface area contributed by atoms with Crippen molar-refractivity contribution < 1.29 is 9.59 Å². The number of hydrogen-bond donors (Lipinski definition) is 1. The third-order valence-corrected chi connectivity index (χ3v) is 4.84. The van der Waals surface area contributed by atoms with Crippen LogP contribution in [0.1, 0.15) is 53.9 Å². The Morgan fingerprint density at radius 3 is 2.66 bits per heavy atom. The van der Waals surface area contributed by atoms with Gasteiger partial charge in [0.15, 0.2) is 5.69 Å². The van der Waals surface area contributed by atoms with Crippen LogP contribution in [0.5, 0.6) is 0 Å². The number of nitrogens with one attached hydrogen (secondary N) is 1. The summed E-state index contributed by atoms with van der Waals surface area (Å²) in [5, 5.41) is 2.92. The maximum atomic E-state index is 13.4. The van der Waals surface area contributed by atoms with Gasteiger partial charge < -0.3 is 10.2 Å². The van der Waals surface area contributed by atoms with Crippen LogP contribution in [0.2, 0.25) is 0 Å². The van der Waals surface area contributed by atoms with Gasteiger partial charge in [0.2, 0.25) is 5.82 Å². The number of carbonyl (C=O) groups is 2. The monoisotopic (exact) mass is 392 g/mol. The minimum absolute atomic E-state index is 0.234. The molecule has 1 N–H and O–H groups in total. The van der Waals surface area contributed by atoms with Crippen molar-refractivity contribution in [3.8, 4) is 0 Å². The average molecular weight is 393 g/mol. The minimum Gasteiger partial charge on any atom is -0.351 e. The molecule has 0 spiro atoms. The van der Waals surface area contributed by atoms with E-state index in [0.29, 0.717) is 24.5 Å². The highest BCUT2D eigenvalue weighted by atomic mass is 16.2. The second-order valence-corrected chi connectivity index (χ2v) is 7.57. The standard InChI is InChI=1S/C23H28N4O2/c1-5-26(18-10-8-9-17(4)15-18)23(29)21-25-20(19-11-6-7-14-27(19)21)22(28)24-13-12-16(2)3/h6-11,14-16H,5,12-13H2,1-4H3,(H,24,28). The lowest BCUT2D eigenvalue weighted by Gasteiger charge is -2.20. The normalized spacial score (nSPS) is 11.1. The second-order valence-electron chi connectivity index (χ2n) is 7.57. The fourth-order valence-electron chi connectivity index (χ4n) is 3.27. The maximum Gasteiger partial charge on any atom is 0.294 e. The highest BCUT2D eigenvalue weighted by Gasteiger charge is 2.25. The van der Waals surface area contributed by atoms with Crippen LogP contribution in [0.25, 0.3) is 5.52 Å². The van der Waals surface area contributed by atoms with Crippen molar-refractivity contribution in [3.05, 3.63) is 65.7 Å². The summed E-state index contributed by atoms with van der Waals surface area (Å²) in [6.07, 6.45) is 2.66. The molecule has 0 radical (unpaired) electrons. The topological polar surface area (TPSA) is 66.7 Å². The lowest BCUT2D eigenvalue weighted by atomic mass is 10.1. The Labute approximate surface area is 171 Å². The van der Waals surface area contributed by atoms with Crippen LogP contribution >= 0.6 is 0 Å². The molecular formula is C23H28N4O2. The number of aryl methyl sites for hydroxylation is 1. The smallest absolute Gasteiger partial charge is 0.294 e. The molecule has 1 aromatic carbocycles. The summed E-state index contributed by atoms with van der Waals surface area (Å²) in [5.74, 6) is 0.240. The fourth-order valence-corrected chi connectivity index (χ4v) is 3.27. The first kappa shape index (κ1) is 20.6. The van der Waals surface area contributed by atoms with E-state index >= 15 is 0 Å². The van der Waals surface area contributed by atoms with E-state index in [9.17, 15) is 9.59 Å². The molecule has 0 unspecified atom stereocenters. The van der Waals surface area contributed by atoms with Crippen molar-refractivity contribution in [2.24, 2.45) is 5.92 Å². The zero-order valence-corrected chi connectivity index (χ0v) is 17.5. The molecule has 0 aliphatic heterocycles. The van der Waals surface area contributed by atoms with Gasteiger partial charge in [-0.3, -0.25) is 14.0 Å². The van der Waals surface area contributed by atoms with Crippen molar-refractivity contribution in [2.45, 2.75) is 34.1 Å². The van der Waals surface area contributed by atoms with Gasteiger partial charge in [0.1, 0.15) is 0 Å². The third-order valence-electron chi connectivity index (χ3n) is 4.84. The first-order chi connectivity index (χ1) is 13.9. The van der Waals surface area contributed by atoms with E-state index in [-0.39, 0.29) is 23.3 Å². The number of fused-ring (bicyclic) bond motifs is 1. The van der Waals surface area contributed by atoms with E-state index in [1.54, 1.807) is 15.5 Å². The zero-order valence-electron chi connectivity index (χ0n) is 17.5. The van der Waals surface area contributed by atoms with Crippen LogP contribution in [-0.2, 0) is 0 Å². The minimum atomic E-state index is -0.257. The number of rotatable bonds is 7. The van der Waals surface area contributed by atoms with E-state index in [0.717, 1.165) is 17.7 Å². The number of benzene rings is 1. The molecule has 0 aliphatic carbocycles. The molecule has 2 aromatic heterocycles. The number of anilines is 1. The Morgan fingerprint density at radius 2 is 1.97 bits per heavy atom. The van der Waals surface area contributed by atoms with Crippen LogP contribution in [0, 0.1) is 12.8 Å². The van der Waals surface area contributed by atoms with Gasteiger partial charge in [0.05, 0.1) is 5.52 Å². The molecule has 6 heteroatoms. The van der Waals surface area contributed by atoms with Crippen molar-refractivity contribution >= 4 is 23.0 Å². The molecule has 2 heterocycles. The number of imidazole rings is 1. The maximum absolute atomic E-state index is 13.4. The quantitative estimate of drug-likeness (QED) is 0.659. The summed E-state index contributed by atoms with van der Waals surface area (Å²) in [6.45, 7) is 9.22. The van der Waals surface area contributed by atoms with Crippen LogP contribution in [-0.4, -0.2) is 34.3 Å². The van der Waals surface area contributed by atoms with Gasteiger partial charge >= 0.3 is 0 Å². The zero-order chi connectivity index (χ0) is 21.0. The van der Waals surface area contributed by atoms with Crippen LogP contribution in [0.3, 0.4) is 0 Å². The Bertz CT molecular complexity index is 1020. The molecule has 0 bridgehead atoms. The Morgan fingerprint density at radius 1 is 1.17 bits per heavy atom. The van der Waals surface area contributed by atoms with Crippen molar-refractivity contribution in [1.82, 2.24) is 14.7 Å². The molecular weight excluding hydrogens is 364 g/mol. The SMILES string of the molecule is CCN(C(=O)c1nc(C(=O)NCCC(C)C)c2ccccn12)c1cccc(C)c1. The van der Waals surface area contributed by atoms with Crippen molar-refractivity contribution in [2.75, 3.05) is 18.0 Å². The molecule has 2 amide bonds. The number of hydrogen-bond acceptors (Lipinski definition) is 3. The molecule has 0 atom stereocenters. The number of amides is 2. The Hall–Kier alpha value is -3.15. The van der Waals surface area contributed by atoms with Gasteiger partial charge in [-0.25, -0.2) is 4.98 Å². The molecule has 6 nitrogen and oxygen atoms in total. The number of aromatic nitrogens is 2. The summed E-state index contributed by atoms with van der Waals surface area (Å²) < 4.78 is 1.69. The summed E-state index contributed by atoms with van der Waals surface area (Å²) in [7, 11) is 0. The summed E-state index contributed by atoms with van der Waals surface area (Å²) in [6, 6.07) is 13.3. The van der Waals surface area contributed by atoms with E-state index < -0.39 is 0 Å². The van der Waals surface area contributed by atoms with Gasteiger partial charge in [0.25, 0.3) is 11.8 Å². The number of pyridine rings is 1. The van der Waals surface area contributed by atoms with Gasteiger partial charge in [-0.05, 0) is 56.0 Å². The first-order valence-electron chi connectivity index (χ1n) is 10.1. The third kappa shape index (κ3) is 4.47. The highest BCUT2D eigenvalue weighted by molar-refractivity contribution is 6.07. The molecule has 0 saturated carbocycles. The first-order valence-corrected chi connectivity index (χ1v) is 10.1. The summed E-state index contributed by atoms with van der Waals surface area (Å²) >= 11 is 0. The van der Waals surface area contributed by atoms with E-state index in [4.69, 9.17) is 0 Å². The highest BCUT2D eigenvalue weighted by Crippen LogP contribution is 2.20. The van der Waals surface area contributed by atoms with E-state index in [1.165, 1.54) is 0 Å². The Balaban J connectivity index is 1.97. The number of carbonyl (C=O) groups excluding carboxylic acids is 2. The predicted octanol–water partition coefficient (Wildman–Crippen LogP) is 4.09. The lowest BCUT2D eigenvalue weighted by molar-refractivity contribution is 0.0949.